The normalized spacial score (nSPS) is 17.1. The average molecular weight is 224 g/mol. The number of anilines is 2. The largest absolute Gasteiger partial charge is 0.467 e. The molecule has 16 heavy (non-hydrogen) atoms. The summed E-state index contributed by atoms with van der Waals surface area (Å²) in [5.74, 6) is 0.652. The summed E-state index contributed by atoms with van der Waals surface area (Å²) in [7, 11) is 1.50. The van der Waals surface area contributed by atoms with Crippen molar-refractivity contribution in [1.82, 2.24) is 20.3 Å². The summed E-state index contributed by atoms with van der Waals surface area (Å²) in [5.41, 5.74) is 5.55. The van der Waals surface area contributed by atoms with Gasteiger partial charge in [-0.15, -0.1) is 0 Å². The number of ether oxygens (including phenoxy) is 1. The number of nitrogens with zero attached hydrogens (tertiary/aromatic N) is 3. The Morgan fingerprint density at radius 3 is 2.75 bits per heavy atom. The van der Waals surface area contributed by atoms with Crippen LogP contribution in [0.25, 0.3) is 0 Å². The van der Waals surface area contributed by atoms with Gasteiger partial charge in [-0.3, -0.25) is 0 Å². The average Bonchev–Trinajstić information content (AvgIpc) is 2.29. The molecule has 2 heterocycles. The quantitative estimate of drug-likeness (QED) is 0.644. The lowest BCUT2D eigenvalue weighted by molar-refractivity contribution is 0.379. The number of nitrogens with one attached hydrogen (secondary N) is 2. The highest BCUT2D eigenvalue weighted by Gasteiger charge is 2.14. The Balaban J connectivity index is 2.04. The summed E-state index contributed by atoms with van der Waals surface area (Å²) >= 11 is 0. The fourth-order valence-electron chi connectivity index (χ4n) is 1.68. The second kappa shape index (κ2) is 4.93. The lowest BCUT2D eigenvalue weighted by Gasteiger charge is -2.23. The maximum Gasteiger partial charge on any atom is 0.322 e. The van der Waals surface area contributed by atoms with Gasteiger partial charge < -0.3 is 21.1 Å². The Morgan fingerprint density at radius 2 is 2.06 bits per heavy atom. The summed E-state index contributed by atoms with van der Waals surface area (Å²) in [6, 6.07) is 0.622. The summed E-state index contributed by atoms with van der Waals surface area (Å²) in [4.78, 5) is 11.9. The van der Waals surface area contributed by atoms with Crippen molar-refractivity contribution in [1.29, 1.82) is 0 Å². The van der Waals surface area contributed by atoms with Crippen molar-refractivity contribution in [2.45, 2.75) is 18.9 Å². The molecule has 1 aromatic heterocycles. The van der Waals surface area contributed by atoms with Gasteiger partial charge in [0.25, 0.3) is 0 Å². The maximum atomic E-state index is 5.55. The molecule has 7 heteroatoms. The van der Waals surface area contributed by atoms with Gasteiger partial charge in [-0.05, 0) is 25.9 Å². The summed E-state index contributed by atoms with van der Waals surface area (Å²) in [6.45, 7) is 2.02. The molecule has 0 saturated carbocycles. The Bertz CT molecular complexity index is 352. The highest BCUT2D eigenvalue weighted by atomic mass is 16.5. The van der Waals surface area contributed by atoms with Crippen LogP contribution in [0.3, 0.4) is 0 Å². The summed E-state index contributed by atoms with van der Waals surface area (Å²) in [5, 5.41) is 6.53. The van der Waals surface area contributed by atoms with Gasteiger partial charge in [-0.25, -0.2) is 0 Å². The van der Waals surface area contributed by atoms with E-state index in [2.05, 4.69) is 25.6 Å². The van der Waals surface area contributed by atoms with Crippen LogP contribution in [-0.2, 0) is 0 Å². The number of nitrogen functional groups attached to an aromatic ring is 1. The molecule has 1 aliphatic heterocycles. The van der Waals surface area contributed by atoms with Gasteiger partial charge in [-0.2, -0.15) is 15.0 Å². The Morgan fingerprint density at radius 1 is 1.31 bits per heavy atom. The van der Waals surface area contributed by atoms with E-state index in [9.17, 15) is 0 Å². The van der Waals surface area contributed by atoms with Crippen LogP contribution in [-0.4, -0.2) is 41.2 Å². The smallest absolute Gasteiger partial charge is 0.322 e. The van der Waals surface area contributed by atoms with Crippen LogP contribution < -0.4 is 21.1 Å². The van der Waals surface area contributed by atoms with Crippen molar-refractivity contribution in [2.75, 3.05) is 31.2 Å². The first-order chi connectivity index (χ1) is 7.78. The van der Waals surface area contributed by atoms with Crippen molar-refractivity contribution < 1.29 is 4.74 Å². The van der Waals surface area contributed by atoms with Crippen molar-refractivity contribution >= 4 is 11.9 Å². The molecule has 2 rings (SSSR count). The molecular weight excluding hydrogens is 208 g/mol. The molecule has 1 aromatic rings. The lowest BCUT2D eigenvalue weighted by Crippen LogP contribution is -2.35. The first kappa shape index (κ1) is 10.9. The van der Waals surface area contributed by atoms with Crippen LogP contribution in [0.1, 0.15) is 12.8 Å². The van der Waals surface area contributed by atoms with Gasteiger partial charge in [0.05, 0.1) is 7.11 Å². The van der Waals surface area contributed by atoms with Gasteiger partial charge in [0, 0.05) is 6.04 Å². The van der Waals surface area contributed by atoms with E-state index in [4.69, 9.17) is 10.5 Å². The third-order valence-corrected chi connectivity index (χ3v) is 2.49. The number of methoxy groups -OCH3 is 1. The molecule has 0 spiro atoms. The SMILES string of the molecule is COc1nc(N)nc(NC2CCNCC2)n1. The van der Waals surface area contributed by atoms with Crippen LogP contribution in [0.5, 0.6) is 6.01 Å². The van der Waals surface area contributed by atoms with E-state index >= 15 is 0 Å². The van der Waals surface area contributed by atoms with E-state index in [1.54, 1.807) is 0 Å². The number of piperidine rings is 1. The minimum absolute atomic E-state index is 0.170. The van der Waals surface area contributed by atoms with Crippen molar-refractivity contribution in [3.63, 3.8) is 0 Å². The van der Waals surface area contributed by atoms with Crippen LogP contribution >= 0.6 is 0 Å². The monoisotopic (exact) mass is 224 g/mol. The first-order valence-electron chi connectivity index (χ1n) is 5.30. The van der Waals surface area contributed by atoms with E-state index in [1.165, 1.54) is 7.11 Å². The predicted octanol–water partition coefficient (Wildman–Crippen LogP) is -0.374. The molecule has 0 aromatic carbocycles. The molecule has 1 aliphatic rings. The third-order valence-electron chi connectivity index (χ3n) is 2.49. The minimum Gasteiger partial charge on any atom is -0.467 e. The van der Waals surface area contributed by atoms with E-state index < -0.39 is 0 Å². The van der Waals surface area contributed by atoms with Crippen LogP contribution in [0.2, 0.25) is 0 Å². The molecule has 4 N–H and O–H groups in total. The highest BCUT2D eigenvalue weighted by molar-refractivity contribution is 5.33. The minimum atomic E-state index is 0.170. The van der Waals surface area contributed by atoms with Crippen molar-refractivity contribution in [3.8, 4) is 6.01 Å². The molecule has 1 fully saturated rings. The Kier molecular flexibility index (Phi) is 3.35. The Hall–Kier alpha value is -1.63. The van der Waals surface area contributed by atoms with Gasteiger partial charge in [0.2, 0.25) is 11.9 Å². The van der Waals surface area contributed by atoms with Crippen LogP contribution in [0.4, 0.5) is 11.9 Å². The van der Waals surface area contributed by atoms with Crippen molar-refractivity contribution in [2.24, 2.45) is 0 Å². The van der Waals surface area contributed by atoms with Crippen LogP contribution in [0, 0.1) is 0 Å². The maximum absolute atomic E-state index is 5.55. The molecule has 0 aliphatic carbocycles. The van der Waals surface area contributed by atoms with Gasteiger partial charge in [0.1, 0.15) is 0 Å². The number of hydrogen-bond acceptors (Lipinski definition) is 7. The number of rotatable bonds is 3. The molecule has 0 unspecified atom stereocenters. The van der Waals surface area contributed by atoms with Gasteiger partial charge in [-0.1, -0.05) is 0 Å². The number of hydrogen-bond donors (Lipinski definition) is 3. The highest BCUT2D eigenvalue weighted by Crippen LogP contribution is 2.12. The molecule has 0 amide bonds. The van der Waals surface area contributed by atoms with E-state index in [-0.39, 0.29) is 12.0 Å². The first-order valence-corrected chi connectivity index (χ1v) is 5.30. The second-order valence-electron chi connectivity index (χ2n) is 3.67. The number of aromatic nitrogens is 3. The molecule has 0 bridgehead atoms. The molecule has 7 nitrogen and oxygen atoms in total. The molecule has 0 radical (unpaired) electrons. The van der Waals surface area contributed by atoms with Crippen molar-refractivity contribution in [3.05, 3.63) is 0 Å². The molecule has 0 atom stereocenters. The summed E-state index contributed by atoms with van der Waals surface area (Å²) in [6.07, 6.45) is 2.10. The second-order valence-corrected chi connectivity index (χ2v) is 3.67. The topological polar surface area (TPSA) is 98.0 Å². The summed E-state index contributed by atoms with van der Waals surface area (Å²) < 4.78 is 4.93. The standard InChI is InChI=1S/C9H16N6O/c1-16-9-14-7(10)13-8(15-9)12-6-2-4-11-5-3-6/h6,11H,2-5H2,1H3,(H3,10,12,13,14,15). The van der Waals surface area contributed by atoms with E-state index in [0.29, 0.717) is 12.0 Å². The fraction of sp³-hybridized carbons (Fsp3) is 0.667. The fourth-order valence-corrected chi connectivity index (χ4v) is 1.68. The predicted molar refractivity (Wildman–Crippen MR) is 60.3 cm³/mol. The van der Waals surface area contributed by atoms with E-state index in [0.717, 1.165) is 25.9 Å². The van der Waals surface area contributed by atoms with Gasteiger partial charge in [0.15, 0.2) is 0 Å². The molecule has 88 valence electrons. The zero-order valence-corrected chi connectivity index (χ0v) is 9.23. The lowest BCUT2D eigenvalue weighted by atomic mass is 10.1. The number of nitrogens with two attached hydrogens (primary N) is 1. The van der Waals surface area contributed by atoms with E-state index in [1.807, 2.05) is 0 Å². The third kappa shape index (κ3) is 2.69. The van der Waals surface area contributed by atoms with Crippen LogP contribution in [0.15, 0.2) is 0 Å². The molecular formula is C9H16N6O. The van der Waals surface area contributed by atoms with Gasteiger partial charge >= 0.3 is 6.01 Å². The molecule has 1 saturated heterocycles. The zero-order chi connectivity index (χ0) is 11.4. The zero-order valence-electron chi connectivity index (χ0n) is 9.23. The Labute approximate surface area is 93.8 Å².